The Bertz CT molecular complexity index is 1370. The van der Waals surface area contributed by atoms with Gasteiger partial charge in [0.05, 0.1) is 6.04 Å². The zero-order valence-corrected chi connectivity index (χ0v) is 33.7. The first kappa shape index (κ1) is 44.0. The highest BCUT2D eigenvalue weighted by molar-refractivity contribution is 5.75. The van der Waals surface area contributed by atoms with Crippen molar-refractivity contribution >= 4 is 30.4 Å². The Hall–Kier alpha value is -4.43. The van der Waals surface area contributed by atoms with E-state index in [1.165, 1.54) is 0 Å². The maximum Gasteiger partial charge on any atom is 0.412 e. The van der Waals surface area contributed by atoms with Gasteiger partial charge in [-0.25, -0.2) is 24.0 Å². The molecule has 3 aliphatic rings. The largest absolute Gasteiger partial charge is 0.444 e. The number of alkyl carbamates (subject to hydrolysis) is 3. The number of carbonyl (C=O) groups excluding carboxylic acids is 5. The minimum Gasteiger partial charge on any atom is -0.444 e. The quantitative estimate of drug-likeness (QED) is 0.196. The van der Waals surface area contributed by atoms with Crippen molar-refractivity contribution in [1.29, 1.82) is 0 Å². The van der Waals surface area contributed by atoms with Gasteiger partial charge < -0.3 is 50.4 Å². The number of para-hydroxylation sites is 1. The summed E-state index contributed by atoms with van der Waals surface area (Å²) in [6.07, 6.45) is 5.44. The van der Waals surface area contributed by atoms with Gasteiger partial charge in [-0.05, 0) is 132 Å². The molecule has 15 nitrogen and oxygen atoms in total. The molecule has 0 bridgehead atoms. The SMILES string of the molecule is CC(C)(C)OC(=O)NC1CCC(NC(=O)N2CC[C@@H](NC(=O)OC(C)(C)C)C2)CC1.CC(C)(C)OC(=O)NC1CCC(NC(=O)Oc2ccccc2)CC1. The number of hydrogen-bond acceptors (Lipinski definition) is 9. The van der Waals surface area contributed by atoms with E-state index in [0.29, 0.717) is 25.3 Å². The highest BCUT2D eigenvalue weighted by Crippen LogP contribution is 2.22. The molecule has 1 aromatic rings. The summed E-state index contributed by atoms with van der Waals surface area (Å²) < 4.78 is 21.1. The monoisotopic (exact) mass is 760 g/mol. The van der Waals surface area contributed by atoms with E-state index < -0.39 is 35.1 Å². The molecule has 15 heteroatoms. The number of nitrogens with zero attached hydrogens (tertiary/aromatic N) is 1. The first-order chi connectivity index (χ1) is 25.1. The normalized spacial score (nSPS) is 23.0. The van der Waals surface area contributed by atoms with Crippen molar-refractivity contribution in [2.45, 2.75) is 167 Å². The molecule has 1 atom stereocenters. The Kier molecular flexibility index (Phi) is 16.1. The Balaban J connectivity index is 0.000000297. The summed E-state index contributed by atoms with van der Waals surface area (Å²) in [6.45, 7) is 17.6. The molecule has 54 heavy (non-hydrogen) atoms. The van der Waals surface area contributed by atoms with Crippen molar-refractivity contribution in [2.75, 3.05) is 13.1 Å². The third kappa shape index (κ3) is 18.1. The molecular formula is C39H64N6O9. The van der Waals surface area contributed by atoms with Crippen LogP contribution in [0.15, 0.2) is 30.3 Å². The molecule has 3 fully saturated rings. The molecule has 0 radical (unpaired) electrons. The second-order valence-electron chi connectivity index (χ2n) is 17.3. The van der Waals surface area contributed by atoms with E-state index in [0.717, 1.165) is 51.4 Å². The van der Waals surface area contributed by atoms with E-state index in [1.807, 2.05) is 80.5 Å². The van der Waals surface area contributed by atoms with Crippen LogP contribution >= 0.6 is 0 Å². The smallest absolute Gasteiger partial charge is 0.412 e. The van der Waals surface area contributed by atoms with Crippen LogP contribution in [0.2, 0.25) is 0 Å². The average Bonchev–Trinajstić information content (AvgIpc) is 3.49. The lowest BCUT2D eigenvalue weighted by atomic mass is 9.91. The van der Waals surface area contributed by atoms with Crippen molar-refractivity contribution in [2.24, 2.45) is 0 Å². The minimum absolute atomic E-state index is 0.0675. The molecular weight excluding hydrogens is 696 g/mol. The lowest BCUT2D eigenvalue weighted by Gasteiger charge is -2.31. The fourth-order valence-electron chi connectivity index (χ4n) is 6.31. The molecule has 1 aromatic carbocycles. The zero-order valence-electron chi connectivity index (χ0n) is 33.7. The van der Waals surface area contributed by atoms with Gasteiger partial charge in [-0.1, -0.05) is 18.2 Å². The van der Waals surface area contributed by atoms with E-state index in [2.05, 4.69) is 26.6 Å². The third-order valence-electron chi connectivity index (χ3n) is 8.70. The maximum absolute atomic E-state index is 12.6. The summed E-state index contributed by atoms with van der Waals surface area (Å²) in [5.41, 5.74) is -1.55. The molecule has 1 saturated heterocycles. The summed E-state index contributed by atoms with van der Waals surface area (Å²) in [5.74, 6) is 0.523. The summed E-state index contributed by atoms with van der Waals surface area (Å²) in [4.78, 5) is 61.7. The molecule has 5 N–H and O–H groups in total. The van der Waals surface area contributed by atoms with Crippen LogP contribution < -0.4 is 31.3 Å². The van der Waals surface area contributed by atoms with Crippen molar-refractivity contribution in [1.82, 2.24) is 31.5 Å². The van der Waals surface area contributed by atoms with E-state index in [1.54, 1.807) is 17.0 Å². The summed E-state index contributed by atoms with van der Waals surface area (Å²) in [6, 6.07) is 9.08. The number of likely N-dealkylation sites (tertiary alicyclic amines) is 1. The van der Waals surface area contributed by atoms with Crippen LogP contribution in [0, 0.1) is 0 Å². The Morgan fingerprint density at radius 2 is 0.852 bits per heavy atom. The molecule has 0 aromatic heterocycles. The Morgan fingerprint density at radius 3 is 1.24 bits per heavy atom. The van der Waals surface area contributed by atoms with Gasteiger partial charge in [0.25, 0.3) is 0 Å². The van der Waals surface area contributed by atoms with Gasteiger partial charge in [0.15, 0.2) is 0 Å². The number of amides is 6. The van der Waals surface area contributed by atoms with Gasteiger partial charge >= 0.3 is 30.4 Å². The molecule has 4 rings (SSSR count). The van der Waals surface area contributed by atoms with E-state index in [-0.39, 0.29) is 42.3 Å². The number of ether oxygens (including phenoxy) is 4. The van der Waals surface area contributed by atoms with Gasteiger partial charge in [-0.2, -0.15) is 0 Å². The number of nitrogens with one attached hydrogen (secondary N) is 5. The number of rotatable bonds is 6. The van der Waals surface area contributed by atoms with Crippen molar-refractivity contribution in [3.8, 4) is 5.75 Å². The van der Waals surface area contributed by atoms with Crippen LogP contribution in [0.25, 0.3) is 0 Å². The van der Waals surface area contributed by atoms with Crippen LogP contribution in [0.3, 0.4) is 0 Å². The topological polar surface area (TPSA) is 186 Å². The minimum atomic E-state index is -0.545. The molecule has 0 spiro atoms. The second-order valence-corrected chi connectivity index (χ2v) is 17.3. The number of carbonyl (C=O) groups is 5. The Morgan fingerprint density at radius 1 is 0.500 bits per heavy atom. The lowest BCUT2D eigenvalue weighted by molar-refractivity contribution is 0.0478. The molecule has 2 saturated carbocycles. The standard InChI is InChI=1S/C21H38N4O5.C18H26N2O4/c1-20(2,3)29-18(27)23-15-9-7-14(8-10-15)22-17(26)25-12-11-16(13-25)24-19(28)30-21(4,5)6;1-18(2,3)24-17(22)20-14-11-9-13(10-12-14)19-16(21)23-15-7-5-4-6-8-15/h14-16H,7-13H2,1-6H3,(H,22,26)(H,23,27)(H,24,28);4-8,13-14H,9-12H2,1-3H3,(H,19,21)(H,20,22)/t14?,15?,16-;/m1./s1. The fourth-order valence-corrected chi connectivity index (χ4v) is 6.31. The van der Waals surface area contributed by atoms with Gasteiger partial charge in [0, 0.05) is 37.3 Å². The fraction of sp³-hybridized carbons (Fsp3) is 0.718. The van der Waals surface area contributed by atoms with Crippen LogP contribution in [-0.4, -0.2) is 95.4 Å². The summed E-state index contributed by atoms with van der Waals surface area (Å²) in [5, 5.41) is 14.6. The van der Waals surface area contributed by atoms with E-state index in [4.69, 9.17) is 18.9 Å². The van der Waals surface area contributed by atoms with Gasteiger partial charge in [-0.3, -0.25) is 0 Å². The van der Waals surface area contributed by atoms with Gasteiger partial charge in [-0.15, -0.1) is 0 Å². The van der Waals surface area contributed by atoms with Crippen molar-refractivity contribution in [3.63, 3.8) is 0 Å². The Labute approximate surface area is 320 Å². The van der Waals surface area contributed by atoms with Gasteiger partial charge in [0.2, 0.25) is 0 Å². The molecule has 1 aliphatic heterocycles. The van der Waals surface area contributed by atoms with E-state index in [9.17, 15) is 24.0 Å². The highest BCUT2D eigenvalue weighted by atomic mass is 16.6. The number of urea groups is 1. The van der Waals surface area contributed by atoms with Crippen LogP contribution in [-0.2, 0) is 14.2 Å². The summed E-state index contributed by atoms with van der Waals surface area (Å²) in [7, 11) is 0. The molecule has 6 amide bonds. The lowest BCUT2D eigenvalue weighted by Crippen LogP contribution is -2.49. The molecule has 2 aliphatic carbocycles. The van der Waals surface area contributed by atoms with Crippen LogP contribution in [0.4, 0.5) is 24.0 Å². The molecule has 1 heterocycles. The average molecular weight is 761 g/mol. The predicted octanol–water partition coefficient (Wildman–Crippen LogP) is 6.74. The first-order valence-electron chi connectivity index (χ1n) is 19.2. The van der Waals surface area contributed by atoms with Crippen LogP contribution in [0.1, 0.15) is 120 Å². The van der Waals surface area contributed by atoms with Crippen molar-refractivity contribution in [3.05, 3.63) is 30.3 Å². The first-order valence-corrected chi connectivity index (χ1v) is 19.2. The van der Waals surface area contributed by atoms with Crippen LogP contribution in [0.5, 0.6) is 5.75 Å². The second kappa shape index (κ2) is 19.8. The van der Waals surface area contributed by atoms with E-state index >= 15 is 0 Å². The third-order valence-corrected chi connectivity index (χ3v) is 8.70. The predicted molar refractivity (Wildman–Crippen MR) is 204 cm³/mol. The van der Waals surface area contributed by atoms with Gasteiger partial charge in [0.1, 0.15) is 22.6 Å². The number of hydrogen-bond donors (Lipinski definition) is 5. The molecule has 304 valence electrons. The summed E-state index contributed by atoms with van der Waals surface area (Å²) >= 11 is 0. The highest BCUT2D eigenvalue weighted by Gasteiger charge is 2.32. The maximum atomic E-state index is 12.6. The number of benzene rings is 1. The molecule has 0 unspecified atom stereocenters. The zero-order chi connectivity index (χ0) is 40.1. The van der Waals surface area contributed by atoms with Crippen molar-refractivity contribution < 1.29 is 42.9 Å².